The zero-order chi connectivity index (χ0) is 12.2. The van der Waals surface area contributed by atoms with E-state index in [-0.39, 0.29) is 17.4 Å². The van der Waals surface area contributed by atoms with Gasteiger partial charge in [0.1, 0.15) is 0 Å². The molecule has 0 atom stereocenters. The van der Waals surface area contributed by atoms with Crippen LogP contribution in [0.2, 0.25) is 0 Å². The van der Waals surface area contributed by atoms with Crippen molar-refractivity contribution in [2.45, 2.75) is 40.2 Å². The van der Waals surface area contributed by atoms with Crippen molar-refractivity contribution in [2.24, 2.45) is 5.92 Å². The fourth-order valence-corrected chi connectivity index (χ4v) is 1.19. The Morgan fingerprint density at radius 2 is 1.60 bits per heavy atom. The van der Waals surface area contributed by atoms with Gasteiger partial charge in [0.25, 0.3) is 0 Å². The zero-order valence-corrected chi connectivity index (χ0v) is 11.3. The zero-order valence-electron chi connectivity index (χ0n) is 11.3. The lowest BCUT2D eigenvalue weighted by Gasteiger charge is -2.33. The highest BCUT2D eigenvalue weighted by atomic mass is 16.2. The third kappa shape index (κ3) is 5.17. The number of amides is 1. The highest BCUT2D eigenvalue weighted by Gasteiger charge is 2.18. The predicted octanol–water partition coefficient (Wildman–Crippen LogP) is 1.83. The Balaban J connectivity index is 4.01. The summed E-state index contributed by atoms with van der Waals surface area (Å²) in [5.41, 5.74) is 0.168. The molecule has 3 heteroatoms. The Hall–Kier alpha value is -0.570. The van der Waals surface area contributed by atoms with Crippen LogP contribution < -0.4 is 0 Å². The van der Waals surface area contributed by atoms with Crippen LogP contribution in [0.3, 0.4) is 0 Å². The van der Waals surface area contributed by atoms with Crippen LogP contribution in [0, 0.1) is 5.92 Å². The molecule has 0 bridgehead atoms. The Morgan fingerprint density at radius 1 is 1.13 bits per heavy atom. The number of nitrogens with zero attached hydrogens (tertiary/aromatic N) is 2. The van der Waals surface area contributed by atoms with Crippen LogP contribution in [0.25, 0.3) is 0 Å². The van der Waals surface area contributed by atoms with E-state index >= 15 is 0 Å². The van der Waals surface area contributed by atoms with Gasteiger partial charge in [-0.3, -0.25) is 9.69 Å². The fraction of sp³-hybridized carbons (Fsp3) is 0.917. The topological polar surface area (TPSA) is 23.6 Å². The van der Waals surface area contributed by atoms with Gasteiger partial charge in [-0.15, -0.1) is 0 Å². The van der Waals surface area contributed by atoms with Gasteiger partial charge in [-0.05, 0) is 27.8 Å². The van der Waals surface area contributed by atoms with E-state index in [4.69, 9.17) is 0 Å². The Labute approximate surface area is 94.4 Å². The maximum atomic E-state index is 11.6. The van der Waals surface area contributed by atoms with Gasteiger partial charge in [-0.25, -0.2) is 0 Å². The lowest BCUT2D eigenvalue weighted by Crippen LogP contribution is -2.44. The minimum absolute atomic E-state index is 0.0925. The molecule has 90 valence electrons. The van der Waals surface area contributed by atoms with Crippen LogP contribution in [-0.2, 0) is 4.79 Å². The molecule has 0 N–H and O–H groups in total. The van der Waals surface area contributed by atoms with Crippen molar-refractivity contribution in [1.29, 1.82) is 0 Å². The third-order valence-electron chi connectivity index (χ3n) is 2.79. The van der Waals surface area contributed by atoms with E-state index in [1.54, 1.807) is 0 Å². The highest BCUT2D eigenvalue weighted by molar-refractivity contribution is 5.77. The molecule has 0 rings (SSSR count). The molecule has 0 aromatic heterocycles. The largest absolute Gasteiger partial charge is 0.344 e. The standard InChI is InChI=1S/C12H26N2O/c1-10(2)11(15)13(6)8-9-14(7)12(3,4)5/h10H,8-9H2,1-7H3. The number of carbonyl (C=O) groups is 1. The first-order valence-corrected chi connectivity index (χ1v) is 5.62. The van der Waals surface area contributed by atoms with Gasteiger partial charge in [0.15, 0.2) is 0 Å². The maximum Gasteiger partial charge on any atom is 0.224 e. The van der Waals surface area contributed by atoms with E-state index in [9.17, 15) is 4.79 Å². The molecule has 0 radical (unpaired) electrons. The summed E-state index contributed by atoms with van der Waals surface area (Å²) >= 11 is 0. The first kappa shape index (κ1) is 14.4. The molecular weight excluding hydrogens is 188 g/mol. The molecule has 1 amide bonds. The molecule has 0 aromatic rings. The van der Waals surface area contributed by atoms with Gasteiger partial charge in [-0.2, -0.15) is 0 Å². The molecular formula is C12H26N2O. The summed E-state index contributed by atoms with van der Waals surface area (Å²) in [5, 5.41) is 0. The normalized spacial score (nSPS) is 12.3. The smallest absolute Gasteiger partial charge is 0.224 e. The molecule has 0 aliphatic heterocycles. The lowest BCUT2D eigenvalue weighted by molar-refractivity contribution is -0.133. The monoisotopic (exact) mass is 214 g/mol. The lowest BCUT2D eigenvalue weighted by atomic mass is 10.1. The molecule has 0 aliphatic carbocycles. The Bertz CT molecular complexity index is 206. The van der Waals surface area contributed by atoms with E-state index in [0.717, 1.165) is 13.1 Å². The minimum atomic E-state index is 0.0925. The first-order valence-electron chi connectivity index (χ1n) is 5.62. The predicted molar refractivity (Wildman–Crippen MR) is 64.9 cm³/mol. The van der Waals surface area contributed by atoms with E-state index < -0.39 is 0 Å². The van der Waals surface area contributed by atoms with Crippen molar-refractivity contribution in [3.63, 3.8) is 0 Å². The minimum Gasteiger partial charge on any atom is -0.344 e. The van der Waals surface area contributed by atoms with E-state index in [2.05, 4.69) is 32.7 Å². The average Bonchev–Trinajstić information content (AvgIpc) is 2.10. The SMILES string of the molecule is CC(C)C(=O)N(C)CCN(C)C(C)(C)C. The van der Waals surface area contributed by atoms with Gasteiger partial charge >= 0.3 is 0 Å². The van der Waals surface area contributed by atoms with Crippen LogP contribution in [0.15, 0.2) is 0 Å². The molecule has 3 nitrogen and oxygen atoms in total. The first-order chi connectivity index (χ1) is 6.66. The van der Waals surface area contributed by atoms with Crippen molar-refractivity contribution in [1.82, 2.24) is 9.80 Å². The molecule has 0 saturated heterocycles. The number of carbonyl (C=O) groups excluding carboxylic acids is 1. The molecule has 15 heavy (non-hydrogen) atoms. The average molecular weight is 214 g/mol. The van der Waals surface area contributed by atoms with E-state index in [1.807, 2.05) is 25.8 Å². The van der Waals surface area contributed by atoms with Crippen molar-refractivity contribution in [3.05, 3.63) is 0 Å². The molecule has 0 heterocycles. The summed E-state index contributed by atoms with van der Waals surface area (Å²) in [6.45, 7) is 12.1. The molecule has 0 spiro atoms. The second-order valence-electron chi connectivity index (χ2n) is 5.51. The third-order valence-corrected chi connectivity index (χ3v) is 2.79. The number of hydrogen-bond donors (Lipinski definition) is 0. The second kappa shape index (κ2) is 5.50. The summed E-state index contributed by atoms with van der Waals surface area (Å²) < 4.78 is 0. The van der Waals surface area contributed by atoms with Crippen LogP contribution in [-0.4, -0.2) is 48.4 Å². The number of likely N-dealkylation sites (N-methyl/N-ethyl adjacent to an activating group) is 2. The Kier molecular flexibility index (Phi) is 5.29. The van der Waals surface area contributed by atoms with Crippen molar-refractivity contribution in [2.75, 3.05) is 27.2 Å². The summed E-state index contributed by atoms with van der Waals surface area (Å²) in [7, 11) is 3.96. The number of rotatable bonds is 4. The summed E-state index contributed by atoms with van der Waals surface area (Å²) in [4.78, 5) is 15.7. The van der Waals surface area contributed by atoms with Crippen LogP contribution >= 0.6 is 0 Å². The van der Waals surface area contributed by atoms with Gasteiger partial charge in [0.05, 0.1) is 0 Å². The van der Waals surface area contributed by atoms with Crippen LogP contribution in [0.1, 0.15) is 34.6 Å². The van der Waals surface area contributed by atoms with Crippen LogP contribution in [0.4, 0.5) is 0 Å². The quantitative estimate of drug-likeness (QED) is 0.713. The number of hydrogen-bond acceptors (Lipinski definition) is 2. The molecule has 0 aromatic carbocycles. The van der Waals surface area contributed by atoms with Gasteiger partial charge in [0.2, 0.25) is 5.91 Å². The molecule has 0 aliphatic rings. The molecule has 0 saturated carbocycles. The molecule has 0 fully saturated rings. The fourth-order valence-electron chi connectivity index (χ4n) is 1.19. The van der Waals surface area contributed by atoms with Gasteiger partial charge in [0, 0.05) is 31.6 Å². The van der Waals surface area contributed by atoms with E-state index in [1.165, 1.54) is 0 Å². The maximum absolute atomic E-state index is 11.6. The summed E-state index contributed by atoms with van der Waals surface area (Å²) in [6.07, 6.45) is 0. The van der Waals surface area contributed by atoms with Crippen molar-refractivity contribution < 1.29 is 4.79 Å². The van der Waals surface area contributed by atoms with Crippen molar-refractivity contribution >= 4 is 5.91 Å². The summed E-state index contributed by atoms with van der Waals surface area (Å²) in [5.74, 6) is 0.312. The second-order valence-corrected chi connectivity index (χ2v) is 5.51. The van der Waals surface area contributed by atoms with Crippen molar-refractivity contribution in [3.8, 4) is 0 Å². The van der Waals surface area contributed by atoms with Gasteiger partial charge in [-0.1, -0.05) is 13.8 Å². The Morgan fingerprint density at radius 3 is 1.93 bits per heavy atom. The van der Waals surface area contributed by atoms with Crippen LogP contribution in [0.5, 0.6) is 0 Å². The highest BCUT2D eigenvalue weighted by Crippen LogP contribution is 2.09. The molecule has 0 unspecified atom stereocenters. The van der Waals surface area contributed by atoms with E-state index in [0.29, 0.717) is 0 Å². The van der Waals surface area contributed by atoms with Gasteiger partial charge < -0.3 is 4.90 Å². The summed E-state index contributed by atoms with van der Waals surface area (Å²) in [6, 6.07) is 0.